The lowest BCUT2D eigenvalue weighted by molar-refractivity contribution is -0.136. The topological polar surface area (TPSA) is 61.6 Å². The van der Waals surface area contributed by atoms with Gasteiger partial charge in [0.05, 0.1) is 11.6 Å². The second-order valence-corrected chi connectivity index (χ2v) is 6.09. The summed E-state index contributed by atoms with van der Waals surface area (Å²) in [6, 6.07) is 0. The lowest BCUT2D eigenvalue weighted by Gasteiger charge is -2.35. The summed E-state index contributed by atoms with van der Waals surface area (Å²) in [5.74, 6) is 1.43. The quantitative estimate of drug-likeness (QED) is 0.877. The predicted molar refractivity (Wildman–Crippen MR) is 93.3 cm³/mol. The van der Waals surface area contributed by atoms with Crippen LogP contribution in [0.25, 0.3) is 0 Å². The van der Waals surface area contributed by atoms with E-state index in [1.165, 1.54) is 5.56 Å². The summed E-state index contributed by atoms with van der Waals surface area (Å²) in [6.45, 7) is 10.2. The van der Waals surface area contributed by atoms with Gasteiger partial charge in [-0.05, 0) is 26.8 Å². The highest BCUT2D eigenvalue weighted by Gasteiger charge is 2.29. The van der Waals surface area contributed by atoms with Gasteiger partial charge in [-0.25, -0.2) is 0 Å². The van der Waals surface area contributed by atoms with Crippen molar-refractivity contribution in [3.05, 3.63) is 17.0 Å². The summed E-state index contributed by atoms with van der Waals surface area (Å²) in [5, 5.41) is 7.27. The van der Waals surface area contributed by atoms with Crippen LogP contribution in [0.5, 0.6) is 0 Å². The standard InChI is InChI=1S/C15H24N4O2.2ClH/c1-11-14(12(2)21-17-11)10-18-5-7-19(8-6-18)15(20)13-3-4-16-9-13;;/h13,16H,3-10H2,1-2H3;2*1H. The van der Waals surface area contributed by atoms with Gasteiger partial charge in [0.25, 0.3) is 0 Å². The molecular weight excluding hydrogens is 339 g/mol. The van der Waals surface area contributed by atoms with Crippen LogP contribution in [-0.4, -0.2) is 60.1 Å². The average Bonchev–Trinajstić information content (AvgIpc) is 3.13. The number of halogens is 2. The van der Waals surface area contributed by atoms with Crippen molar-refractivity contribution in [3.63, 3.8) is 0 Å². The highest BCUT2D eigenvalue weighted by molar-refractivity contribution is 5.85. The minimum absolute atomic E-state index is 0. The zero-order valence-corrected chi connectivity index (χ0v) is 15.3. The van der Waals surface area contributed by atoms with Crippen LogP contribution >= 0.6 is 24.8 Å². The van der Waals surface area contributed by atoms with Gasteiger partial charge in [0.2, 0.25) is 5.91 Å². The van der Waals surface area contributed by atoms with Gasteiger partial charge in [0, 0.05) is 44.8 Å². The van der Waals surface area contributed by atoms with Crippen LogP contribution in [0.2, 0.25) is 0 Å². The third-order valence-electron chi connectivity index (χ3n) is 4.66. The molecule has 3 rings (SSSR count). The molecule has 2 saturated heterocycles. The van der Waals surface area contributed by atoms with Crippen LogP contribution in [0.4, 0.5) is 0 Å². The van der Waals surface area contributed by atoms with E-state index in [-0.39, 0.29) is 30.7 Å². The second kappa shape index (κ2) is 8.87. The Morgan fingerprint density at radius 1 is 1.26 bits per heavy atom. The molecule has 0 radical (unpaired) electrons. The van der Waals surface area contributed by atoms with E-state index in [0.717, 1.165) is 63.7 Å². The molecule has 2 aliphatic heterocycles. The Morgan fingerprint density at radius 3 is 2.48 bits per heavy atom. The smallest absolute Gasteiger partial charge is 0.227 e. The van der Waals surface area contributed by atoms with Crippen LogP contribution in [0, 0.1) is 19.8 Å². The number of hydrogen-bond donors (Lipinski definition) is 1. The van der Waals surface area contributed by atoms with Crippen LogP contribution < -0.4 is 5.32 Å². The average molecular weight is 365 g/mol. The molecule has 1 aromatic heterocycles. The first-order chi connectivity index (χ1) is 10.1. The highest BCUT2D eigenvalue weighted by Crippen LogP contribution is 2.18. The van der Waals surface area contributed by atoms with Gasteiger partial charge in [0.15, 0.2) is 0 Å². The maximum absolute atomic E-state index is 12.4. The lowest BCUT2D eigenvalue weighted by atomic mass is 10.1. The van der Waals surface area contributed by atoms with Gasteiger partial charge >= 0.3 is 0 Å². The van der Waals surface area contributed by atoms with Gasteiger partial charge in [0.1, 0.15) is 5.76 Å². The minimum atomic E-state index is 0. The number of carbonyl (C=O) groups excluding carboxylic acids is 1. The number of rotatable bonds is 3. The molecule has 1 amide bonds. The van der Waals surface area contributed by atoms with Crippen molar-refractivity contribution in [2.45, 2.75) is 26.8 Å². The van der Waals surface area contributed by atoms with Crippen molar-refractivity contribution in [1.82, 2.24) is 20.3 Å². The first-order valence-corrected chi connectivity index (χ1v) is 7.79. The number of aromatic nitrogens is 1. The van der Waals surface area contributed by atoms with Crippen molar-refractivity contribution in [2.75, 3.05) is 39.3 Å². The molecule has 0 spiro atoms. The largest absolute Gasteiger partial charge is 0.361 e. The lowest BCUT2D eigenvalue weighted by Crippen LogP contribution is -2.50. The van der Waals surface area contributed by atoms with E-state index in [1.807, 2.05) is 18.7 Å². The Kier molecular flexibility index (Phi) is 7.80. The monoisotopic (exact) mass is 364 g/mol. The van der Waals surface area contributed by atoms with Crippen LogP contribution in [0.3, 0.4) is 0 Å². The van der Waals surface area contributed by atoms with Crippen molar-refractivity contribution in [1.29, 1.82) is 0 Å². The second-order valence-electron chi connectivity index (χ2n) is 6.09. The minimum Gasteiger partial charge on any atom is -0.361 e. The molecule has 1 N–H and O–H groups in total. The zero-order valence-electron chi connectivity index (χ0n) is 13.7. The molecule has 8 heteroatoms. The van der Waals surface area contributed by atoms with Crippen molar-refractivity contribution < 1.29 is 9.32 Å². The fraction of sp³-hybridized carbons (Fsp3) is 0.733. The third kappa shape index (κ3) is 4.59. The predicted octanol–water partition coefficient (Wildman–Crippen LogP) is 1.39. The Balaban J connectivity index is 0.00000132. The van der Waals surface area contributed by atoms with Crippen molar-refractivity contribution in [2.24, 2.45) is 5.92 Å². The fourth-order valence-electron chi connectivity index (χ4n) is 3.20. The molecular formula is C15H26Cl2N4O2. The first-order valence-electron chi connectivity index (χ1n) is 7.79. The Labute approximate surface area is 149 Å². The number of amides is 1. The van der Waals surface area contributed by atoms with E-state index in [4.69, 9.17) is 4.52 Å². The molecule has 2 fully saturated rings. The van der Waals surface area contributed by atoms with E-state index in [9.17, 15) is 4.79 Å². The molecule has 1 unspecified atom stereocenters. The van der Waals surface area contributed by atoms with E-state index >= 15 is 0 Å². The SMILES string of the molecule is Cc1noc(C)c1CN1CCN(C(=O)C2CCNC2)CC1.Cl.Cl. The fourth-order valence-corrected chi connectivity index (χ4v) is 3.20. The van der Waals surface area contributed by atoms with E-state index < -0.39 is 0 Å². The summed E-state index contributed by atoms with van der Waals surface area (Å²) >= 11 is 0. The van der Waals surface area contributed by atoms with Gasteiger partial charge in [-0.3, -0.25) is 9.69 Å². The van der Waals surface area contributed by atoms with E-state index in [0.29, 0.717) is 5.91 Å². The van der Waals surface area contributed by atoms with Crippen molar-refractivity contribution >= 4 is 30.7 Å². The molecule has 23 heavy (non-hydrogen) atoms. The summed E-state index contributed by atoms with van der Waals surface area (Å²) in [6.07, 6.45) is 0.984. The number of nitrogens with one attached hydrogen (secondary N) is 1. The Morgan fingerprint density at radius 2 is 1.96 bits per heavy atom. The van der Waals surface area contributed by atoms with Crippen LogP contribution in [0.15, 0.2) is 4.52 Å². The molecule has 0 bridgehead atoms. The Bertz CT molecular complexity index is 490. The molecule has 1 aromatic rings. The van der Waals surface area contributed by atoms with Gasteiger partial charge in [-0.1, -0.05) is 5.16 Å². The maximum Gasteiger partial charge on any atom is 0.227 e. The third-order valence-corrected chi connectivity index (χ3v) is 4.66. The van der Waals surface area contributed by atoms with Gasteiger partial charge in [-0.15, -0.1) is 24.8 Å². The van der Waals surface area contributed by atoms with Gasteiger partial charge < -0.3 is 14.7 Å². The number of aryl methyl sites for hydroxylation is 2. The van der Waals surface area contributed by atoms with Crippen LogP contribution in [0.1, 0.15) is 23.4 Å². The van der Waals surface area contributed by atoms with Crippen LogP contribution in [-0.2, 0) is 11.3 Å². The number of nitrogens with zero attached hydrogens (tertiary/aromatic N) is 3. The summed E-state index contributed by atoms with van der Waals surface area (Å²) in [5.41, 5.74) is 2.16. The number of carbonyl (C=O) groups is 1. The zero-order chi connectivity index (χ0) is 14.8. The Hall–Kier alpha value is -0.820. The molecule has 2 aliphatic rings. The molecule has 0 aliphatic carbocycles. The molecule has 0 saturated carbocycles. The van der Waals surface area contributed by atoms with Gasteiger partial charge in [-0.2, -0.15) is 0 Å². The first kappa shape index (κ1) is 20.2. The normalized spacial score (nSPS) is 21.7. The molecule has 6 nitrogen and oxygen atoms in total. The summed E-state index contributed by atoms with van der Waals surface area (Å²) in [7, 11) is 0. The van der Waals surface area contributed by atoms with E-state index in [1.54, 1.807) is 0 Å². The van der Waals surface area contributed by atoms with E-state index in [2.05, 4.69) is 15.4 Å². The van der Waals surface area contributed by atoms with Crippen molar-refractivity contribution in [3.8, 4) is 0 Å². The maximum atomic E-state index is 12.4. The molecule has 0 aromatic carbocycles. The molecule has 132 valence electrons. The molecule has 3 heterocycles. The summed E-state index contributed by atoms with van der Waals surface area (Å²) < 4.78 is 5.22. The number of piperazine rings is 1. The molecule has 1 atom stereocenters. The summed E-state index contributed by atoms with van der Waals surface area (Å²) in [4.78, 5) is 16.8. The highest BCUT2D eigenvalue weighted by atomic mass is 35.5. The number of hydrogen-bond acceptors (Lipinski definition) is 5.